The molecule has 2 aromatic rings. The Morgan fingerprint density at radius 1 is 1.15 bits per heavy atom. The van der Waals surface area contributed by atoms with E-state index in [1.807, 2.05) is 6.07 Å². The zero-order valence-electron chi connectivity index (χ0n) is 19.7. The third-order valence-corrected chi connectivity index (χ3v) is 7.52. The predicted molar refractivity (Wildman–Crippen MR) is 134 cm³/mol. The first kappa shape index (κ1) is 22.0. The molecule has 0 saturated carbocycles. The Morgan fingerprint density at radius 3 is 2.70 bits per heavy atom. The average Bonchev–Trinajstić information content (AvgIpc) is 3.55. The Hall–Kier alpha value is -2.79. The fraction of sp³-hybridized carbons (Fsp3) is 0.464. The number of anilines is 2. The molecule has 5 heteroatoms. The highest BCUT2D eigenvalue weighted by molar-refractivity contribution is 5.95. The molecule has 4 unspecified atom stereocenters. The molecule has 2 aliphatic heterocycles. The van der Waals surface area contributed by atoms with Crippen LogP contribution in [0, 0.1) is 5.92 Å². The van der Waals surface area contributed by atoms with Gasteiger partial charge in [0.25, 0.3) is 5.91 Å². The number of allylic oxidation sites excluding steroid dienone is 2. The zero-order chi connectivity index (χ0) is 22.8. The summed E-state index contributed by atoms with van der Waals surface area (Å²) in [6.07, 6.45) is 7.95. The van der Waals surface area contributed by atoms with Crippen molar-refractivity contribution < 1.29 is 9.53 Å². The highest BCUT2D eigenvalue weighted by Crippen LogP contribution is 2.50. The number of hydrogen-bond donors (Lipinski definition) is 2. The van der Waals surface area contributed by atoms with Crippen LogP contribution in [0.3, 0.4) is 0 Å². The van der Waals surface area contributed by atoms with Crippen molar-refractivity contribution in [3.05, 3.63) is 71.3 Å². The van der Waals surface area contributed by atoms with Crippen LogP contribution in [-0.4, -0.2) is 38.3 Å². The van der Waals surface area contributed by atoms with E-state index in [1.165, 1.54) is 16.8 Å². The van der Waals surface area contributed by atoms with Crippen LogP contribution in [0.25, 0.3) is 0 Å². The van der Waals surface area contributed by atoms with Gasteiger partial charge in [-0.2, -0.15) is 0 Å². The van der Waals surface area contributed by atoms with Crippen LogP contribution in [0.1, 0.15) is 66.6 Å². The highest BCUT2D eigenvalue weighted by Gasteiger charge is 2.38. The second-order valence-electron chi connectivity index (χ2n) is 9.39. The minimum absolute atomic E-state index is 0.0130. The van der Waals surface area contributed by atoms with Crippen molar-refractivity contribution in [1.29, 1.82) is 0 Å². The quantitative estimate of drug-likeness (QED) is 0.570. The fourth-order valence-electron chi connectivity index (χ4n) is 5.66. The summed E-state index contributed by atoms with van der Waals surface area (Å²) < 4.78 is 5.64. The van der Waals surface area contributed by atoms with Gasteiger partial charge in [0.2, 0.25) is 0 Å². The van der Waals surface area contributed by atoms with Crippen LogP contribution in [0.2, 0.25) is 0 Å². The van der Waals surface area contributed by atoms with Crippen LogP contribution >= 0.6 is 0 Å². The van der Waals surface area contributed by atoms with Gasteiger partial charge < -0.3 is 20.3 Å². The summed E-state index contributed by atoms with van der Waals surface area (Å²) in [6.45, 7) is 7.82. The summed E-state index contributed by atoms with van der Waals surface area (Å²) in [5, 5.41) is 6.86. The number of nitrogens with one attached hydrogen (secondary N) is 2. The zero-order valence-corrected chi connectivity index (χ0v) is 19.7. The van der Waals surface area contributed by atoms with Gasteiger partial charge >= 0.3 is 0 Å². The number of carbonyl (C=O) groups excluding carboxylic acids is 1. The van der Waals surface area contributed by atoms with Crippen LogP contribution in [0.5, 0.6) is 0 Å². The molecule has 5 rings (SSSR count). The minimum Gasteiger partial charge on any atom is -0.378 e. The van der Waals surface area contributed by atoms with Gasteiger partial charge in [-0.15, -0.1) is 0 Å². The van der Waals surface area contributed by atoms with E-state index in [2.05, 4.69) is 77.9 Å². The van der Waals surface area contributed by atoms with Crippen LogP contribution in [-0.2, 0) is 4.74 Å². The standard InChI is InChI=1S/C28H35N3O2/c1-3-31(4-2)21-13-10-19(11-14-21)27-24-9-5-8-23(24)25-17-20(12-15-26(25)30-27)28(32)29-18-22-7-6-16-33-22/h5,8,10-15,17,22-24,27,30H,3-4,6-7,9,16,18H2,1-2H3,(H,29,32). The van der Waals surface area contributed by atoms with Gasteiger partial charge in [0.05, 0.1) is 12.1 Å². The maximum absolute atomic E-state index is 12.8. The van der Waals surface area contributed by atoms with Crippen molar-refractivity contribution in [1.82, 2.24) is 5.32 Å². The Kier molecular flexibility index (Phi) is 6.41. The number of amides is 1. The van der Waals surface area contributed by atoms with Gasteiger partial charge in [0, 0.05) is 49.1 Å². The molecule has 1 saturated heterocycles. The normalized spacial score (nSPS) is 25.3. The summed E-state index contributed by atoms with van der Waals surface area (Å²) in [4.78, 5) is 15.2. The molecule has 0 aromatic heterocycles. The predicted octanol–water partition coefficient (Wildman–Crippen LogP) is 5.27. The van der Waals surface area contributed by atoms with Crippen molar-refractivity contribution in [3.63, 3.8) is 0 Å². The maximum atomic E-state index is 12.8. The largest absolute Gasteiger partial charge is 0.378 e. The molecule has 1 aliphatic carbocycles. The van der Waals surface area contributed by atoms with E-state index >= 15 is 0 Å². The molecule has 1 fully saturated rings. The second kappa shape index (κ2) is 9.60. The second-order valence-corrected chi connectivity index (χ2v) is 9.39. The molecule has 0 bridgehead atoms. The minimum atomic E-state index is -0.0130. The van der Waals surface area contributed by atoms with E-state index in [0.29, 0.717) is 18.4 Å². The first-order valence-electron chi connectivity index (χ1n) is 12.5. The number of nitrogens with zero attached hydrogens (tertiary/aromatic N) is 1. The van der Waals surface area contributed by atoms with E-state index in [-0.39, 0.29) is 18.1 Å². The van der Waals surface area contributed by atoms with Gasteiger partial charge in [0.1, 0.15) is 0 Å². The third-order valence-electron chi connectivity index (χ3n) is 7.52. The number of fused-ring (bicyclic) bond motifs is 3. The van der Waals surface area contributed by atoms with Gasteiger partial charge in [0.15, 0.2) is 0 Å². The molecule has 5 nitrogen and oxygen atoms in total. The van der Waals surface area contributed by atoms with Gasteiger partial charge in [-0.25, -0.2) is 0 Å². The number of benzene rings is 2. The lowest BCUT2D eigenvalue weighted by Gasteiger charge is -2.38. The molecular weight excluding hydrogens is 410 g/mol. The van der Waals surface area contributed by atoms with E-state index in [1.54, 1.807) is 0 Å². The SMILES string of the molecule is CCN(CC)c1ccc(C2Nc3ccc(C(=O)NCC4CCCO4)cc3C3C=CCC32)cc1. The highest BCUT2D eigenvalue weighted by atomic mass is 16.5. The van der Waals surface area contributed by atoms with E-state index in [9.17, 15) is 4.79 Å². The Labute approximate surface area is 197 Å². The number of rotatable bonds is 7. The lowest BCUT2D eigenvalue weighted by atomic mass is 9.76. The lowest BCUT2D eigenvalue weighted by molar-refractivity contribution is 0.0857. The van der Waals surface area contributed by atoms with E-state index in [0.717, 1.165) is 50.2 Å². The molecule has 0 radical (unpaired) electrons. The molecule has 3 aliphatic rings. The molecule has 2 N–H and O–H groups in total. The Balaban J connectivity index is 1.34. The van der Waals surface area contributed by atoms with E-state index in [4.69, 9.17) is 4.74 Å². The van der Waals surface area contributed by atoms with Crippen LogP contribution in [0.4, 0.5) is 11.4 Å². The summed E-state index contributed by atoms with van der Waals surface area (Å²) in [7, 11) is 0. The molecular formula is C28H35N3O2. The van der Waals surface area contributed by atoms with Crippen molar-refractivity contribution in [2.75, 3.05) is 36.5 Å². The van der Waals surface area contributed by atoms with Crippen LogP contribution < -0.4 is 15.5 Å². The molecule has 1 amide bonds. The summed E-state index contributed by atoms with van der Waals surface area (Å²) in [5.74, 6) is 0.780. The van der Waals surface area contributed by atoms with E-state index < -0.39 is 0 Å². The topological polar surface area (TPSA) is 53.6 Å². The maximum Gasteiger partial charge on any atom is 0.251 e. The molecule has 2 aromatic carbocycles. The van der Waals surface area contributed by atoms with Crippen molar-refractivity contribution in [2.45, 2.75) is 51.2 Å². The monoisotopic (exact) mass is 445 g/mol. The van der Waals surface area contributed by atoms with Crippen LogP contribution in [0.15, 0.2) is 54.6 Å². The van der Waals surface area contributed by atoms with Crippen molar-refractivity contribution in [2.24, 2.45) is 5.92 Å². The molecule has 174 valence electrons. The molecule has 0 spiro atoms. The first-order valence-corrected chi connectivity index (χ1v) is 12.5. The van der Waals surface area contributed by atoms with Crippen molar-refractivity contribution >= 4 is 17.3 Å². The smallest absolute Gasteiger partial charge is 0.251 e. The summed E-state index contributed by atoms with van der Waals surface area (Å²) in [6, 6.07) is 15.4. The van der Waals surface area contributed by atoms with Gasteiger partial charge in [-0.05, 0) is 80.5 Å². The summed E-state index contributed by atoms with van der Waals surface area (Å²) >= 11 is 0. The number of ether oxygens (including phenoxy) is 1. The Morgan fingerprint density at radius 2 is 1.97 bits per heavy atom. The Bertz CT molecular complexity index is 1010. The number of hydrogen-bond acceptors (Lipinski definition) is 4. The summed E-state index contributed by atoms with van der Waals surface area (Å²) in [5.41, 5.74) is 5.70. The van der Waals surface area contributed by atoms with Gasteiger partial charge in [-0.1, -0.05) is 24.3 Å². The fourth-order valence-corrected chi connectivity index (χ4v) is 5.66. The lowest BCUT2D eigenvalue weighted by Crippen LogP contribution is -2.32. The molecule has 33 heavy (non-hydrogen) atoms. The molecule has 4 atom stereocenters. The van der Waals surface area contributed by atoms with Crippen molar-refractivity contribution in [3.8, 4) is 0 Å². The third kappa shape index (κ3) is 4.39. The van der Waals surface area contributed by atoms with Gasteiger partial charge in [-0.3, -0.25) is 4.79 Å². The first-order chi connectivity index (χ1) is 16.2. The number of carbonyl (C=O) groups is 1. The average molecular weight is 446 g/mol. The molecule has 2 heterocycles.